The summed E-state index contributed by atoms with van der Waals surface area (Å²) in [4.78, 5) is 0. The fourth-order valence-electron chi connectivity index (χ4n) is 3.12. The summed E-state index contributed by atoms with van der Waals surface area (Å²) in [7, 11) is 0. The number of aromatic nitrogens is 3. The lowest BCUT2D eigenvalue weighted by Gasteiger charge is -2.12. The molecular weight excluding hydrogens is 371 g/mol. The van der Waals surface area contributed by atoms with Crippen molar-refractivity contribution >= 4 is 11.6 Å². The molecule has 3 aromatic rings. The van der Waals surface area contributed by atoms with Crippen molar-refractivity contribution in [1.82, 2.24) is 15.4 Å². The molecule has 0 radical (unpaired) electrons. The van der Waals surface area contributed by atoms with Gasteiger partial charge in [-0.25, -0.2) is 0 Å². The predicted molar refractivity (Wildman–Crippen MR) is 87.5 cm³/mol. The van der Waals surface area contributed by atoms with E-state index in [0.29, 0.717) is 34.9 Å². The Labute approximate surface area is 151 Å². The van der Waals surface area contributed by atoms with Gasteiger partial charge in [-0.05, 0) is 18.9 Å². The van der Waals surface area contributed by atoms with Crippen molar-refractivity contribution in [3.8, 4) is 22.6 Å². The van der Waals surface area contributed by atoms with Gasteiger partial charge in [0.2, 0.25) is 0 Å². The molecule has 4 rings (SSSR count). The third kappa shape index (κ3) is 2.89. The minimum atomic E-state index is -4.60. The van der Waals surface area contributed by atoms with Crippen LogP contribution in [0.3, 0.4) is 0 Å². The maximum atomic E-state index is 13.3. The highest BCUT2D eigenvalue weighted by molar-refractivity contribution is 6.33. The van der Waals surface area contributed by atoms with Crippen molar-refractivity contribution in [1.29, 1.82) is 0 Å². The number of hydrogen-bond donors (Lipinski definition) is 1. The van der Waals surface area contributed by atoms with E-state index in [-0.39, 0.29) is 11.3 Å². The number of hydrogen-bond acceptors (Lipinski definition) is 4. The number of H-pyrrole nitrogens is 1. The zero-order valence-electron chi connectivity index (χ0n) is 13.3. The Balaban J connectivity index is 1.92. The van der Waals surface area contributed by atoms with Gasteiger partial charge in [0.15, 0.2) is 11.5 Å². The summed E-state index contributed by atoms with van der Waals surface area (Å²) >= 11 is 6.25. The molecule has 1 fully saturated rings. The van der Waals surface area contributed by atoms with Crippen LogP contribution < -0.4 is 0 Å². The van der Waals surface area contributed by atoms with Gasteiger partial charge in [0.25, 0.3) is 0 Å². The lowest BCUT2D eigenvalue weighted by atomic mass is 9.97. The molecule has 5 nitrogen and oxygen atoms in total. The summed E-state index contributed by atoms with van der Waals surface area (Å²) in [6.45, 7) is 0.523. The lowest BCUT2D eigenvalue weighted by Crippen LogP contribution is -2.08. The molecule has 1 unspecified atom stereocenters. The second-order valence-corrected chi connectivity index (χ2v) is 6.32. The monoisotopic (exact) mass is 383 g/mol. The number of halogens is 4. The first-order valence-corrected chi connectivity index (χ1v) is 8.31. The Hall–Kier alpha value is -2.32. The average molecular weight is 384 g/mol. The van der Waals surface area contributed by atoms with Gasteiger partial charge in [-0.2, -0.15) is 18.3 Å². The second-order valence-electron chi connectivity index (χ2n) is 5.91. The SMILES string of the molecule is FC(F)(F)c1[nH]ncc1-c1onc(-c2ccccc2Cl)c1C1CCCO1. The number of aromatic amines is 1. The number of nitrogens with one attached hydrogen (secondary N) is 1. The molecule has 2 aromatic heterocycles. The molecule has 26 heavy (non-hydrogen) atoms. The summed E-state index contributed by atoms with van der Waals surface area (Å²) in [6.07, 6.45) is -2.48. The van der Waals surface area contributed by atoms with Crippen LogP contribution in [0.5, 0.6) is 0 Å². The second kappa shape index (κ2) is 6.44. The van der Waals surface area contributed by atoms with Gasteiger partial charge < -0.3 is 9.26 Å². The third-order valence-corrected chi connectivity index (χ3v) is 4.61. The molecule has 3 heterocycles. The first-order valence-electron chi connectivity index (χ1n) is 7.94. The van der Waals surface area contributed by atoms with Crippen molar-refractivity contribution < 1.29 is 22.4 Å². The standard InChI is InChI=1S/C17H13ClF3N3O2/c18-11-5-2-1-4-9(11)14-13(12-6-3-7-25-12)15(26-24-14)10-8-22-23-16(10)17(19,20)21/h1-2,4-5,8,12H,3,6-7H2,(H,22,23). The largest absolute Gasteiger partial charge is 0.433 e. The fraction of sp³-hybridized carbons (Fsp3) is 0.294. The molecule has 9 heteroatoms. The van der Waals surface area contributed by atoms with E-state index in [1.165, 1.54) is 0 Å². The van der Waals surface area contributed by atoms with Crippen molar-refractivity contribution in [2.24, 2.45) is 0 Å². The van der Waals surface area contributed by atoms with E-state index < -0.39 is 18.0 Å². The summed E-state index contributed by atoms with van der Waals surface area (Å²) in [6, 6.07) is 6.95. The van der Waals surface area contributed by atoms with Gasteiger partial charge in [0, 0.05) is 12.2 Å². The molecular formula is C17H13ClF3N3O2. The van der Waals surface area contributed by atoms with E-state index in [1.54, 1.807) is 24.3 Å². The minimum absolute atomic E-state index is 0.00658. The van der Waals surface area contributed by atoms with Crippen LogP contribution in [0.15, 0.2) is 35.0 Å². The van der Waals surface area contributed by atoms with E-state index in [4.69, 9.17) is 20.9 Å². The van der Waals surface area contributed by atoms with Gasteiger partial charge in [-0.15, -0.1) is 0 Å². The Kier molecular flexibility index (Phi) is 4.24. The van der Waals surface area contributed by atoms with E-state index in [2.05, 4.69) is 10.3 Å². The zero-order valence-corrected chi connectivity index (χ0v) is 14.1. The number of rotatable bonds is 3. The quantitative estimate of drug-likeness (QED) is 0.670. The van der Waals surface area contributed by atoms with Crippen LogP contribution in [0, 0.1) is 0 Å². The Morgan fingerprint density at radius 1 is 1.19 bits per heavy atom. The van der Waals surface area contributed by atoms with Crippen molar-refractivity contribution in [2.45, 2.75) is 25.1 Å². The van der Waals surface area contributed by atoms with E-state index in [9.17, 15) is 13.2 Å². The highest BCUT2D eigenvalue weighted by atomic mass is 35.5. The number of nitrogens with zero attached hydrogens (tertiary/aromatic N) is 2. The molecule has 1 aliphatic heterocycles. The van der Waals surface area contributed by atoms with Gasteiger partial charge >= 0.3 is 6.18 Å². The normalized spacial score (nSPS) is 17.8. The van der Waals surface area contributed by atoms with Crippen LogP contribution >= 0.6 is 11.6 Å². The fourth-order valence-corrected chi connectivity index (χ4v) is 3.34. The molecule has 0 aliphatic carbocycles. The van der Waals surface area contributed by atoms with Gasteiger partial charge in [0.1, 0.15) is 5.69 Å². The van der Waals surface area contributed by atoms with Crippen molar-refractivity contribution in [3.05, 3.63) is 46.7 Å². The first-order chi connectivity index (χ1) is 12.5. The topological polar surface area (TPSA) is 63.9 Å². The lowest BCUT2D eigenvalue weighted by molar-refractivity contribution is -0.140. The van der Waals surface area contributed by atoms with Gasteiger partial charge in [-0.1, -0.05) is 35.0 Å². The molecule has 136 valence electrons. The molecule has 0 saturated carbocycles. The zero-order chi connectivity index (χ0) is 18.3. The molecule has 0 spiro atoms. The number of benzene rings is 1. The minimum Gasteiger partial charge on any atom is -0.373 e. The molecule has 1 aromatic carbocycles. The Morgan fingerprint density at radius 3 is 2.69 bits per heavy atom. The molecule has 0 bridgehead atoms. The number of ether oxygens (including phenoxy) is 1. The van der Waals surface area contributed by atoms with E-state index >= 15 is 0 Å². The van der Waals surface area contributed by atoms with Crippen LogP contribution in [0.25, 0.3) is 22.6 Å². The van der Waals surface area contributed by atoms with Crippen LogP contribution in [-0.2, 0) is 10.9 Å². The van der Waals surface area contributed by atoms with Crippen molar-refractivity contribution in [3.63, 3.8) is 0 Å². The molecule has 1 aliphatic rings. The Bertz CT molecular complexity index is 929. The maximum Gasteiger partial charge on any atom is 0.433 e. The summed E-state index contributed by atoms with van der Waals surface area (Å²) in [5, 5.41) is 9.97. The molecule has 1 N–H and O–H groups in total. The maximum absolute atomic E-state index is 13.3. The average Bonchev–Trinajstić information content (AvgIpc) is 3.33. The smallest absolute Gasteiger partial charge is 0.373 e. The van der Waals surface area contributed by atoms with E-state index in [0.717, 1.165) is 12.6 Å². The molecule has 0 amide bonds. The van der Waals surface area contributed by atoms with Crippen LogP contribution in [0.1, 0.15) is 30.2 Å². The van der Waals surface area contributed by atoms with Crippen LogP contribution in [-0.4, -0.2) is 22.0 Å². The highest BCUT2D eigenvalue weighted by Gasteiger charge is 2.39. The van der Waals surface area contributed by atoms with Crippen LogP contribution in [0.4, 0.5) is 13.2 Å². The van der Waals surface area contributed by atoms with Gasteiger partial charge in [-0.3, -0.25) is 5.10 Å². The Morgan fingerprint density at radius 2 is 2.00 bits per heavy atom. The molecule has 1 saturated heterocycles. The first kappa shape index (κ1) is 17.1. The molecule has 1 atom stereocenters. The third-order valence-electron chi connectivity index (χ3n) is 4.28. The summed E-state index contributed by atoms with van der Waals surface area (Å²) < 4.78 is 50.9. The summed E-state index contributed by atoms with van der Waals surface area (Å²) in [5.41, 5.74) is 0.230. The van der Waals surface area contributed by atoms with Gasteiger partial charge in [0.05, 0.1) is 28.5 Å². The number of alkyl halides is 3. The summed E-state index contributed by atoms with van der Waals surface area (Å²) in [5.74, 6) is -0.00658. The predicted octanol–water partition coefficient (Wildman–Crippen LogP) is 5.26. The van der Waals surface area contributed by atoms with Crippen molar-refractivity contribution in [2.75, 3.05) is 6.61 Å². The highest BCUT2D eigenvalue weighted by Crippen LogP contribution is 2.45. The van der Waals surface area contributed by atoms with E-state index in [1.807, 2.05) is 5.10 Å². The van der Waals surface area contributed by atoms with Crippen LogP contribution in [0.2, 0.25) is 5.02 Å².